The average Bonchev–Trinajstić information content (AvgIpc) is 2.53. The van der Waals surface area contributed by atoms with Crippen LogP contribution in [0.2, 0.25) is 5.15 Å². The molecule has 1 amide bonds. The highest BCUT2D eigenvalue weighted by Gasteiger charge is 2.25. The van der Waals surface area contributed by atoms with Crippen LogP contribution in [0.4, 0.5) is 5.69 Å². The molecule has 0 aliphatic rings. The fraction of sp³-hybridized carbons (Fsp3) is 0.333. The summed E-state index contributed by atoms with van der Waals surface area (Å²) in [6, 6.07) is 9.94. The fourth-order valence-corrected chi connectivity index (χ4v) is 3.03. The van der Waals surface area contributed by atoms with Crippen LogP contribution >= 0.6 is 11.6 Å². The topological polar surface area (TPSA) is 76.3 Å². The van der Waals surface area contributed by atoms with Gasteiger partial charge in [-0.3, -0.25) is 14.9 Å². The van der Waals surface area contributed by atoms with E-state index in [1.165, 1.54) is 12.1 Å². The molecule has 1 aromatic carbocycles. The van der Waals surface area contributed by atoms with E-state index in [2.05, 4.69) is 4.98 Å². The lowest BCUT2D eigenvalue weighted by Crippen LogP contribution is -2.42. The average molecular weight is 362 g/mol. The molecule has 0 bridgehead atoms. The van der Waals surface area contributed by atoms with Crippen molar-refractivity contribution in [1.29, 1.82) is 0 Å². The maximum atomic E-state index is 13.0. The predicted molar refractivity (Wildman–Crippen MR) is 97.8 cm³/mol. The Labute approximate surface area is 151 Å². The van der Waals surface area contributed by atoms with E-state index < -0.39 is 4.92 Å². The first-order valence-electron chi connectivity index (χ1n) is 7.97. The van der Waals surface area contributed by atoms with Crippen LogP contribution in [0.5, 0.6) is 0 Å². The highest BCUT2D eigenvalue weighted by atomic mass is 35.5. The van der Waals surface area contributed by atoms with Crippen LogP contribution in [0.25, 0.3) is 11.3 Å². The van der Waals surface area contributed by atoms with Crippen molar-refractivity contribution in [2.45, 2.75) is 39.8 Å². The van der Waals surface area contributed by atoms with Crippen LogP contribution in [0.15, 0.2) is 36.4 Å². The summed E-state index contributed by atoms with van der Waals surface area (Å²) in [5.41, 5.74) is 1.24. The Morgan fingerprint density at radius 2 is 1.72 bits per heavy atom. The normalized spacial score (nSPS) is 11.0. The van der Waals surface area contributed by atoms with Crippen molar-refractivity contribution >= 4 is 23.2 Å². The molecular formula is C18H20ClN3O3. The van der Waals surface area contributed by atoms with E-state index in [-0.39, 0.29) is 28.8 Å². The number of carbonyl (C=O) groups excluding carboxylic acids is 1. The summed E-state index contributed by atoms with van der Waals surface area (Å²) in [7, 11) is 0. The van der Waals surface area contributed by atoms with Gasteiger partial charge in [0.15, 0.2) is 0 Å². The first-order valence-corrected chi connectivity index (χ1v) is 8.34. The maximum absolute atomic E-state index is 13.0. The zero-order valence-corrected chi connectivity index (χ0v) is 15.3. The highest BCUT2D eigenvalue weighted by Crippen LogP contribution is 2.29. The van der Waals surface area contributed by atoms with E-state index in [0.717, 1.165) is 0 Å². The SMILES string of the molecule is CC(C)N(C(=O)c1ccccc1-c1ccc([N+](=O)[O-])c(Cl)n1)C(C)C. The first-order chi connectivity index (χ1) is 11.7. The van der Waals surface area contributed by atoms with Gasteiger partial charge in [-0.25, -0.2) is 4.98 Å². The molecule has 2 aromatic rings. The quantitative estimate of drug-likeness (QED) is 0.444. The zero-order chi connectivity index (χ0) is 18.7. The van der Waals surface area contributed by atoms with Gasteiger partial charge in [0.1, 0.15) is 0 Å². The molecule has 0 radical (unpaired) electrons. The van der Waals surface area contributed by atoms with E-state index in [1.807, 2.05) is 27.7 Å². The van der Waals surface area contributed by atoms with Crippen molar-refractivity contribution < 1.29 is 9.72 Å². The van der Waals surface area contributed by atoms with Gasteiger partial charge < -0.3 is 4.90 Å². The number of nitrogens with zero attached hydrogens (tertiary/aromatic N) is 3. The molecule has 0 saturated heterocycles. The summed E-state index contributed by atoms with van der Waals surface area (Å²) < 4.78 is 0. The fourth-order valence-electron chi connectivity index (χ4n) is 2.81. The van der Waals surface area contributed by atoms with Gasteiger partial charge in [0.25, 0.3) is 5.91 Å². The number of halogens is 1. The maximum Gasteiger partial charge on any atom is 0.306 e. The molecule has 7 heteroatoms. The molecule has 0 fully saturated rings. The van der Waals surface area contributed by atoms with Gasteiger partial charge in [-0.05, 0) is 39.8 Å². The van der Waals surface area contributed by atoms with Gasteiger partial charge in [0.05, 0.1) is 10.6 Å². The second-order valence-corrected chi connectivity index (χ2v) is 6.57. The van der Waals surface area contributed by atoms with Crippen LogP contribution in [0.3, 0.4) is 0 Å². The number of benzene rings is 1. The molecule has 1 heterocycles. The predicted octanol–water partition coefficient (Wildman–Crippen LogP) is 4.57. The Balaban J connectivity index is 2.54. The minimum atomic E-state index is -0.588. The van der Waals surface area contributed by atoms with Crippen LogP contribution in [-0.4, -0.2) is 32.8 Å². The molecule has 2 rings (SSSR count). The molecule has 0 aliphatic carbocycles. The second kappa shape index (κ2) is 7.61. The minimum absolute atomic E-state index is 0.0361. The van der Waals surface area contributed by atoms with Crippen molar-refractivity contribution in [3.63, 3.8) is 0 Å². The number of hydrogen-bond donors (Lipinski definition) is 0. The van der Waals surface area contributed by atoms with Crippen LogP contribution in [-0.2, 0) is 0 Å². The zero-order valence-electron chi connectivity index (χ0n) is 14.6. The molecule has 0 unspecified atom stereocenters. The number of pyridine rings is 1. The molecule has 0 aliphatic heterocycles. The lowest BCUT2D eigenvalue weighted by atomic mass is 10.0. The summed E-state index contributed by atoms with van der Waals surface area (Å²) in [4.78, 5) is 29.2. The Bertz CT molecular complexity index is 798. The van der Waals surface area contributed by atoms with Crippen molar-refractivity contribution in [2.24, 2.45) is 0 Å². The molecule has 25 heavy (non-hydrogen) atoms. The van der Waals surface area contributed by atoms with Crippen LogP contribution < -0.4 is 0 Å². The third-order valence-electron chi connectivity index (χ3n) is 3.81. The first kappa shape index (κ1) is 18.9. The Hall–Kier alpha value is -2.47. The van der Waals surface area contributed by atoms with Gasteiger partial charge in [0.2, 0.25) is 5.15 Å². The molecular weight excluding hydrogens is 342 g/mol. The third kappa shape index (κ3) is 3.96. The van der Waals surface area contributed by atoms with Gasteiger partial charge >= 0.3 is 5.69 Å². The Morgan fingerprint density at radius 3 is 2.24 bits per heavy atom. The minimum Gasteiger partial charge on any atom is -0.334 e. The van der Waals surface area contributed by atoms with Crippen LogP contribution in [0, 0.1) is 10.1 Å². The number of nitro groups is 1. The van der Waals surface area contributed by atoms with Gasteiger partial charge in [-0.2, -0.15) is 0 Å². The molecule has 132 valence electrons. The summed E-state index contributed by atoms with van der Waals surface area (Å²) in [5, 5.41) is 10.7. The number of amides is 1. The summed E-state index contributed by atoms with van der Waals surface area (Å²) in [6.07, 6.45) is 0. The van der Waals surface area contributed by atoms with E-state index in [1.54, 1.807) is 29.2 Å². The third-order valence-corrected chi connectivity index (χ3v) is 4.08. The van der Waals surface area contributed by atoms with Crippen molar-refractivity contribution in [1.82, 2.24) is 9.88 Å². The van der Waals surface area contributed by atoms with E-state index in [0.29, 0.717) is 16.8 Å². The molecule has 0 N–H and O–H groups in total. The van der Waals surface area contributed by atoms with Gasteiger partial charge in [0, 0.05) is 29.3 Å². The number of carbonyl (C=O) groups is 1. The van der Waals surface area contributed by atoms with E-state index in [4.69, 9.17) is 11.6 Å². The van der Waals surface area contributed by atoms with Crippen molar-refractivity contribution in [3.05, 3.63) is 57.2 Å². The molecule has 6 nitrogen and oxygen atoms in total. The number of hydrogen-bond acceptors (Lipinski definition) is 4. The Kier molecular flexibility index (Phi) is 5.74. The molecule has 1 aromatic heterocycles. The van der Waals surface area contributed by atoms with E-state index >= 15 is 0 Å². The van der Waals surface area contributed by atoms with Crippen LogP contribution in [0.1, 0.15) is 38.1 Å². The second-order valence-electron chi connectivity index (χ2n) is 6.21. The van der Waals surface area contributed by atoms with E-state index in [9.17, 15) is 14.9 Å². The van der Waals surface area contributed by atoms with Gasteiger partial charge in [-0.15, -0.1) is 0 Å². The van der Waals surface area contributed by atoms with Gasteiger partial charge in [-0.1, -0.05) is 29.8 Å². The molecule has 0 atom stereocenters. The molecule has 0 spiro atoms. The monoisotopic (exact) mass is 361 g/mol. The standard InChI is InChI=1S/C18H20ClN3O3/c1-11(2)21(12(3)4)18(23)14-8-6-5-7-13(14)15-9-10-16(22(24)25)17(19)20-15/h5-12H,1-4H3. The Morgan fingerprint density at radius 1 is 1.12 bits per heavy atom. The number of rotatable bonds is 5. The lowest BCUT2D eigenvalue weighted by Gasteiger charge is -2.31. The summed E-state index contributed by atoms with van der Waals surface area (Å²) in [6.45, 7) is 7.84. The van der Waals surface area contributed by atoms with Crippen molar-refractivity contribution in [3.8, 4) is 11.3 Å². The smallest absolute Gasteiger partial charge is 0.306 e. The highest BCUT2D eigenvalue weighted by molar-refractivity contribution is 6.31. The molecule has 0 saturated carbocycles. The largest absolute Gasteiger partial charge is 0.334 e. The summed E-state index contributed by atoms with van der Waals surface area (Å²) in [5.74, 6) is -0.114. The lowest BCUT2D eigenvalue weighted by molar-refractivity contribution is -0.385. The van der Waals surface area contributed by atoms with Crippen molar-refractivity contribution in [2.75, 3.05) is 0 Å². The number of aromatic nitrogens is 1. The summed E-state index contributed by atoms with van der Waals surface area (Å²) >= 11 is 5.92.